The number of ether oxygens (including phenoxy) is 1. The van der Waals surface area contributed by atoms with Gasteiger partial charge in [0, 0.05) is 35.2 Å². The first kappa shape index (κ1) is 22.6. The molecule has 0 fully saturated rings. The molecule has 0 spiro atoms. The number of hydrogen-bond acceptors (Lipinski definition) is 4. The van der Waals surface area contributed by atoms with Gasteiger partial charge in [0.2, 0.25) is 0 Å². The molecule has 170 valence electrons. The van der Waals surface area contributed by atoms with E-state index in [1.165, 1.54) is 4.88 Å². The fourth-order valence-corrected chi connectivity index (χ4v) is 4.81. The Balaban J connectivity index is 1.48. The van der Waals surface area contributed by atoms with Crippen molar-refractivity contribution in [3.8, 4) is 10.6 Å². The molecule has 0 aliphatic heterocycles. The minimum absolute atomic E-state index is 0.216. The third-order valence-corrected chi connectivity index (χ3v) is 6.31. The Hall–Kier alpha value is -3.58. The van der Waals surface area contributed by atoms with E-state index in [2.05, 4.69) is 45.7 Å². The molecule has 4 rings (SSSR count). The topological polar surface area (TPSA) is 72.4 Å². The quantitative estimate of drug-likeness (QED) is 0.325. The molecule has 0 saturated carbocycles. The standard InChI is InChI=1S/C26H27N3O3S/c1-3-29-22-9-6-5-8-20(22)21(25(29)23-10-7-15-33-23)17-27-26(31)28-19-13-11-18(12-14-19)16-24(30)32-4-2/h5-15H,3-4,16-17H2,1-2H3,(H2,27,28,31). The number of nitrogens with zero attached hydrogens (tertiary/aromatic N) is 1. The number of hydrogen-bond donors (Lipinski definition) is 2. The van der Waals surface area contributed by atoms with Gasteiger partial charge in [-0.1, -0.05) is 36.4 Å². The molecule has 33 heavy (non-hydrogen) atoms. The number of fused-ring (bicyclic) bond motifs is 1. The van der Waals surface area contributed by atoms with Crippen LogP contribution >= 0.6 is 11.3 Å². The molecule has 2 aromatic heterocycles. The lowest BCUT2D eigenvalue weighted by Crippen LogP contribution is -2.28. The molecular weight excluding hydrogens is 434 g/mol. The number of aryl methyl sites for hydroxylation is 1. The molecule has 0 atom stereocenters. The van der Waals surface area contributed by atoms with Crippen LogP contribution in [0.15, 0.2) is 66.0 Å². The Bertz CT molecular complexity index is 1240. The minimum atomic E-state index is -0.279. The Morgan fingerprint density at radius 2 is 1.79 bits per heavy atom. The highest BCUT2D eigenvalue weighted by Gasteiger charge is 2.19. The average molecular weight is 462 g/mol. The summed E-state index contributed by atoms with van der Waals surface area (Å²) in [5.41, 5.74) is 4.92. The number of anilines is 1. The monoisotopic (exact) mass is 461 g/mol. The second-order valence-corrected chi connectivity index (χ2v) is 8.50. The molecule has 0 radical (unpaired) electrons. The average Bonchev–Trinajstić information content (AvgIpc) is 3.45. The first-order valence-corrected chi connectivity index (χ1v) is 11.9. The number of aromatic nitrogens is 1. The molecule has 6 nitrogen and oxygen atoms in total. The number of rotatable bonds is 8. The highest BCUT2D eigenvalue weighted by Crippen LogP contribution is 2.36. The van der Waals surface area contributed by atoms with E-state index in [-0.39, 0.29) is 18.4 Å². The number of para-hydroxylation sites is 1. The van der Waals surface area contributed by atoms with Gasteiger partial charge >= 0.3 is 12.0 Å². The van der Waals surface area contributed by atoms with Crippen molar-refractivity contribution in [1.29, 1.82) is 0 Å². The number of carbonyl (C=O) groups excluding carboxylic acids is 2. The number of esters is 1. The molecule has 2 amide bonds. The molecule has 0 bridgehead atoms. The summed E-state index contributed by atoms with van der Waals surface area (Å²) in [7, 11) is 0. The van der Waals surface area contributed by atoms with Crippen molar-refractivity contribution in [3.63, 3.8) is 0 Å². The SMILES string of the molecule is CCOC(=O)Cc1ccc(NC(=O)NCc2c(-c3cccs3)n(CC)c3ccccc23)cc1. The van der Waals surface area contributed by atoms with E-state index in [4.69, 9.17) is 4.74 Å². The summed E-state index contributed by atoms with van der Waals surface area (Å²) in [6, 6.07) is 19.4. The van der Waals surface area contributed by atoms with Crippen molar-refractivity contribution < 1.29 is 14.3 Å². The second-order valence-electron chi connectivity index (χ2n) is 7.55. The minimum Gasteiger partial charge on any atom is -0.466 e. The van der Waals surface area contributed by atoms with Crippen LogP contribution in [0.2, 0.25) is 0 Å². The highest BCUT2D eigenvalue weighted by molar-refractivity contribution is 7.13. The van der Waals surface area contributed by atoms with Gasteiger partial charge in [0.05, 0.1) is 23.6 Å². The lowest BCUT2D eigenvalue weighted by Gasteiger charge is -2.11. The molecule has 0 aliphatic rings. The fraction of sp³-hybridized carbons (Fsp3) is 0.231. The summed E-state index contributed by atoms with van der Waals surface area (Å²) >= 11 is 1.70. The third-order valence-electron chi connectivity index (χ3n) is 5.44. The van der Waals surface area contributed by atoms with Crippen molar-refractivity contribution in [1.82, 2.24) is 9.88 Å². The van der Waals surface area contributed by atoms with Crippen LogP contribution in [0.5, 0.6) is 0 Å². The van der Waals surface area contributed by atoms with Crippen LogP contribution in [0.4, 0.5) is 10.5 Å². The summed E-state index contributed by atoms with van der Waals surface area (Å²) < 4.78 is 7.28. The van der Waals surface area contributed by atoms with Crippen LogP contribution < -0.4 is 10.6 Å². The number of amides is 2. The number of carbonyl (C=O) groups is 2. The van der Waals surface area contributed by atoms with E-state index < -0.39 is 0 Å². The zero-order valence-corrected chi connectivity index (χ0v) is 19.6. The zero-order chi connectivity index (χ0) is 23.2. The maximum absolute atomic E-state index is 12.6. The van der Waals surface area contributed by atoms with Gasteiger partial charge in [-0.15, -0.1) is 11.3 Å². The molecular formula is C26H27N3O3S. The largest absolute Gasteiger partial charge is 0.466 e. The molecule has 4 aromatic rings. The number of benzene rings is 2. The van der Waals surface area contributed by atoms with Crippen molar-refractivity contribution in [2.45, 2.75) is 33.4 Å². The molecule has 0 saturated heterocycles. The second kappa shape index (κ2) is 10.4. The summed E-state index contributed by atoms with van der Waals surface area (Å²) in [6.45, 7) is 5.54. The van der Waals surface area contributed by atoms with Crippen LogP contribution in [0.1, 0.15) is 25.0 Å². The lowest BCUT2D eigenvalue weighted by molar-refractivity contribution is -0.142. The number of nitrogens with one attached hydrogen (secondary N) is 2. The molecule has 0 unspecified atom stereocenters. The predicted molar refractivity (Wildman–Crippen MR) is 134 cm³/mol. The van der Waals surface area contributed by atoms with Crippen LogP contribution in [0.25, 0.3) is 21.5 Å². The van der Waals surface area contributed by atoms with Gasteiger partial charge in [-0.05, 0) is 49.1 Å². The smallest absolute Gasteiger partial charge is 0.319 e. The van der Waals surface area contributed by atoms with Crippen LogP contribution in [-0.4, -0.2) is 23.2 Å². The van der Waals surface area contributed by atoms with Gasteiger partial charge in [-0.2, -0.15) is 0 Å². The molecule has 2 aromatic carbocycles. The van der Waals surface area contributed by atoms with Gasteiger partial charge in [-0.25, -0.2) is 4.79 Å². The van der Waals surface area contributed by atoms with E-state index in [1.54, 1.807) is 30.4 Å². The third kappa shape index (κ3) is 5.09. The van der Waals surface area contributed by atoms with Gasteiger partial charge in [0.1, 0.15) is 0 Å². The predicted octanol–water partition coefficient (Wildman–Crippen LogP) is 5.82. The first-order valence-electron chi connectivity index (χ1n) is 11.0. The van der Waals surface area contributed by atoms with Gasteiger partial charge in [0.25, 0.3) is 0 Å². The Morgan fingerprint density at radius 3 is 2.48 bits per heavy atom. The molecule has 2 N–H and O–H groups in total. The van der Waals surface area contributed by atoms with Crippen molar-refractivity contribution in [2.75, 3.05) is 11.9 Å². The summed E-state index contributed by atoms with van der Waals surface area (Å²) in [4.78, 5) is 25.4. The normalized spacial score (nSPS) is 10.8. The van der Waals surface area contributed by atoms with E-state index in [1.807, 2.05) is 30.3 Å². The maximum Gasteiger partial charge on any atom is 0.319 e. The Kier molecular flexibility index (Phi) is 7.10. The van der Waals surface area contributed by atoms with Crippen LogP contribution in [0.3, 0.4) is 0 Å². The molecule has 7 heteroatoms. The van der Waals surface area contributed by atoms with Gasteiger partial charge in [0.15, 0.2) is 0 Å². The zero-order valence-electron chi connectivity index (χ0n) is 18.8. The van der Waals surface area contributed by atoms with E-state index in [9.17, 15) is 9.59 Å². The fourth-order valence-electron chi connectivity index (χ4n) is 4.01. The summed E-state index contributed by atoms with van der Waals surface area (Å²) in [5.74, 6) is -0.260. The van der Waals surface area contributed by atoms with Crippen molar-refractivity contribution in [3.05, 3.63) is 77.2 Å². The van der Waals surface area contributed by atoms with Crippen molar-refractivity contribution >= 4 is 39.9 Å². The molecule has 0 aliphatic carbocycles. The van der Waals surface area contributed by atoms with Crippen molar-refractivity contribution in [2.24, 2.45) is 0 Å². The van der Waals surface area contributed by atoms with Crippen LogP contribution in [-0.2, 0) is 29.0 Å². The van der Waals surface area contributed by atoms with E-state index in [0.717, 1.165) is 34.3 Å². The maximum atomic E-state index is 12.6. The highest BCUT2D eigenvalue weighted by atomic mass is 32.1. The summed E-state index contributed by atoms with van der Waals surface area (Å²) in [6.07, 6.45) is 0.216. The number of urea groups is 1. The lowest BCUT2D eigenvalue weighted by atomic mass is 10.1. The Labute approximate surface area is 197 Å². The van der Waals surface area contributed by atoms with E-state index in [0.29, 0.717) is 18.8 Å². The van der Waals surface area contributed by atoms with E-state index >= 15 is 0 Å². The van der Waals surface area contributed by atoms with Gasteiger partial charge in [-0.3, -0.25) is 4.79 Å². The Morgan fingerprint density at radius 1 is 1.00 bits per heavy atom. The molecule has 2 heterocycles. The van der Waals surface area contributed by atoms with Gasteiger partial charge < -0.3 is 19.9 Å². The van der Waals surface area contributed by atoms with Crippen LogP contribution in [0, 0.1) is 0 Å². The first-order chi connectivity index (χ1) is 16.1. The number of thiophene rings is 1. The summed E-state index contributed by atoms with van der Waals surface area (Å²) in [5, 5.41) is 9.10.